The molecular formula is C12H15BrN4O3. The lowest BCUT2D eigenvalue weighted by atomic mass is 9.94. The van der Waals surface area contributed by atoms with Crippen LogP contribution in [-0.4, -0.2) is 28.9 Å². The Morgan fingerprint density at radius 3 is 3.05 bits per heavy atom. The molecule has 1 aliphatic rings. The molecule has 2 N–H and O–H groups in total. The lowest BCUT2D eigenvalue weighted by Crippen LogP contribution is -2.37. The van der Waals surface area contributed by atoms with Gasteiger partial charge in [-0.3, -0.25) is 14.9 Å². The normalized spacial score (nSPS) is 18.9. The topological polar surface area (TPSA) is 102 Å². The Bertz CT molecular complexity index is 537. The van der Waals surface area contributed by atoms with Crippen LogP contribution in [0.4, 0.5) is 11.5 Å². The van der Waals surface area contributed by atoms with Gasteiger partial charge < -0.3 is 10.6 Å². The third-order valence-electron chi connectivity index (χ3n) is 3.32. The number of nitro groups is 1. The summed E-state index contributed by atoms with van der Waals surface area (Å²) in [5.74, 6) is 0.147. The Kier molecular flexibility index (Phi) is 4.53. The molecule has 1 fully saturated rings. The van der Waals surface area contributed by atoms with Crippen LogP contribution in [0.25, 0.3) is 0 Å². The van der Waals surface area contributed by atoms with Gasteiger partial charge in [0.15, 0.2) is 0 Å². The second kappa shape index (κ2) is 6.17. The molecule has 1 aromatic heterocycles. The zero-order valence-corrected chi connectivity index (χ0v) is 12.4. The number of anilines is 1. The summed E-state index contributed by atoms with van der Waals surface area (Å²) in [5.41, 5.74) is 5.19. The standard InChI is InChI=1S/C12H15BrN4O3/c13-9-5-10(17(19)20)12(15-6-9)16-3-1-2-8(7-16)4-11(14)18/h5-6,8H,1-4,7H2,(H2,14,18)/t8-/m0/s1. The highest BCUT2D eigenvalue weighted by atomic mass is 79.9. The van der Waals surface area contributed by atoms with Crippen molar-refractivity contribution in [3.05, 3.63) is 26.9 Å². The van der Waals surface area contributed by atoms with Gasteiger partial charge in [-0.05, 0) is 34.7 Å². The maximum atomic E-state index is 11.1. The average Bonchev–Trinajstić information content (AvgIpc) is 2.38. The molecule has 8 heteroatoms. The molecule has 1 saturated heterocycles. The van der Waals surface area contributed by atoms with Crippen LogP contribution in [0, 0.1) is 16.0 Å². The molecule has 0 aromatic carbocycles. The molecule has 1 amide bonds. The first kappa shape index (κ1) is 14.7. The van der Waals surface area contributed by atoms with Crippen molar-refractivity contribution in [1.82, 2.24) is 4.98 Å². The minimum Gasteiger partial charge on any atom is -0.370 e. The minimum atomic E-state index is -0.440. The zero-order chi connectivity index (χ0) is 14.7. The van der Waals surface area contributed by atoms with Crippen molar-refractivity contribution in [1.29, 1.82) is 0 Å². The summed E-state index contributed by atoms with van der Waals surface area (Å²) in [6, 6.07) is 1.44. The quantitative estimate of drug-likeness (QED) is 0.664. The molecule has 2 heterocycles. The molecule has 7 nitrogen and oxygen atoms in total. The summed E-state index contributed by atoms with van der Waals surface area (Å²) in [7, 11) is 0. The van der Waals surface area contributed by atoms with Gasteiger partial charge >= 0.3 is 5.69 Å². The van der Waals surface area contributed by atoms with E-state index >= 15 is 0 Å². The number of nitrogens with zero attached hydrogens (tertiary/aromatic N) is 3. The summed E-state index contributed by atoms with van der Waals surface area (Å²) in [5, 5.41) is 11.1. The molecule has 1 aliphatic heterocycles. The van der Waals surface area contributed by atoms with E-state index in [-0.39, 0.29) is 17.5 Å². The summed E-state index contributed by atoms with van der Waals surface area (Å²) in [4.78, 5) is 27.7. The maximum Gasteiger partial charge on any atom is 0.312 e. The van der Waals surface area contributed by atoms with E-state index in [1.165, 1.54) is 6.07 Å². The van der Waals surface area contributed by atoms with Gasteiger partial charge in [-0.2, -0.15) is 0 Å². The highest BCUT2D eigenvalue weighted by Gasteiger charge is 2.27. The Hall–Kier alpha value is -1.70. The second-order valence-electron chi connectivity index (χ2n) is 4.88. The first-order valence-corrected chi connectivity index (χ1v) is 7.10. The van der Waals surface area contributed by atoms with E-state index in [1.54, 1.807) is 6.20 Å². The number of amides is 1. The van der Waals surface area contributed by atoms with Crippen molar-refractivity contribution in [3.8, 4) is 0 Å². The van der Waals surface area contributed by atoms with Crippen molar-refractivity contribution in [2.45, 2.75) is 19.3 Å². The molecule has 1 atom stereocenters. The molecule has 108 valence electrons. The van der Waals surface area contributed by atoms with E-state index in [9.17, 15) is 14.9 Å². The first-order chi connectivity index (χ1) is 9.47. The van der Waals surface area contributed by atoms with Gasteiger partial charge in [0.05, 0.1) is 4.92 Å². The summed E-state index contributed by atoms with van der Waals surface area (Å²) in [6.07, 6.45) is 3.62. The number of aromatic nitrogens is 1. The number of hydrogen-bond donors (Lipinski definition) is 1. The zero-order valence-electron chi connectivity index (χ0n) is 10.8. The number of piperidine rings is 1. The minimum absolute atomic E-state index is 0.0286. The molecule has 0 aliphatic carbocycles. The number of nitrogens with two attached hydrogens (primary N) is 1. The number of carbonyl (C=O) groups excluding carboxylic acids is 1. The van der Waals surface area contributed by atoms with Gasteiger partial charge in [-0.25, -0.2) is 4.98 Å². The van der Waals surface area contributed by atoms with Crippen molar-refractivity contribution in [2.24, 2.45) is 11.7 Å². The third-order valence-corrected chi connectivity index (χ3v) is 3.75. The van der Waals surface area contributed by atoms with Crippen molar-refractivity contribution in [2.75, 3.05) is 18.0 Å². The number of carbonyl (C=O) groups is 1. The van der Waals surface area contributed by atoms with E-state index < -0.39 is 4.92 Å². The fraction of sp³-hybridized carbons (Fsp3) is 0.500. The molecule has 0 unspecified atom stereocenters. The van der Waals surface area contributed by atoms with Crippen LogP contribution in [-0.2, 0) is 4.79 Å². The van der Waals surface area contributed by atoms with E-state index in [0.717, 1.165) is 12.8 Å². The molecule has 0 bridgehead atoms. The average molecular weight is 343 g/mol. The fourth-order valence-electron chi connectivity index (χ4n) is 2.51. The molecule has 2 rings (SSSR count). The van der Waals surface area contributed by atoms with Gasteiger partial charge in [-0.1, -0.05) is 0 Å². The molecule has 0 spiro atoms. The third kappa shape index (κ3) is 3.44. The van der Waals surface area contributed by atoms with Gasteiger partial charge in [-0.15, -0.1) is 0 Å². The van der Waals surface area contributed by atoms with Crippen LogP contribution in [0.1, 0.15) is 19.3 Å². The van der Waals surface area contributed by atoms with E-state index in [4.69, 9.17) is 5.73 Å². The Morgan fingerprint density at radius 1 is 1.65 bits per heavy atom. The highest BCUT2D eigenvalue weighted by Crippen LogP contribution is 2.32. The summed E-state index contributed by atoms with van der Waals surface area (Å²) >= 11 is 3.19. The SMILES string of the molecule is NC(=O)C[C@@H]1CCCN(c2ncc(Br)cc2[N+](=O)[O-])C1. The number of hydrogen-bond acceptors (Lipinski definition) is 5. The lowest BCUT2D eigenvalue weighted by Gasteiger charge is -2.32. The Morgan fingerprint density at radius 2 is 2.40 bits per heavy atom. The monoisotopic (exact) mass is 342 g/mol. The number of halogens is 1. The van der Waals surface area contributed by atoms with Crippen LogP contribution in [0.3, 0.4) is 0 Å². The van der Waals surface area contributed by atoms with Gasteiger partial charge in [0.1, 0.15) is 0 Å². The van der Waals surface area contributed by atoms with E-state index in [2.05, 4.69) is 20.9 Å². The first-order valence-electron chi connectivity index (χ1n) is 6.30. The highest BCUT2D eigenvalue weighted by molar-refractivity contribution is 9.10. The summed E-state index contributed by atoms with van der Waals surface area (Å²) in [6.45, 7) is 1.27. The van der Waals surface area contributed by atoms with Crippen LogP contribution < -0.4 is 10.6 Å². The molecule has 0 radical (unpaired) electrons. The molecule has 20 heavy (non-hydrogen) atoms. The van der Waals surface area contributed by atoms with Gasteiger partial charge in [0.25, 0.3) is 0 Å². The number of pyridine rings is 1. The fourth-order valence-corrected chi connectivity index (χ4v) is 2.83. The molecular weight excluding hydrogens is 328 g/mol. The van der Waals surface area contributed by atoms with Crippen LogP contribution in [0.5, 0.6) is 0 Å². The lowest BCUT2D eigenvalue weighted by molar-refractivity contribution is -0.384. The number of primary amides is 1. The largest absolute Gasteiger partial charge is 0.370 e. The van der Waals surface area contributed by atoms with E-state index in [0.29, 0.717) is 29.8 Å². The number of rotatable bonds is 4. The predicted molar refractivity (Wildman–Crippen MR) is 77.3 cm³/mol. The van der Waals surface area contributed by atoms with Crippen LogP contribution in [0.2, 0.25) is 0 Å². The van der Waals surface area contributed by atoms with Crippen molar-refractivity contribution in [3.63, 3.8) is 0 Å². The maximum absolute atomic E-state index is 11.1. The smallest absolute Gasteiger partial charge is 0.312 e. The van der Waals surface area contributed by atoms with E-state index in [1.807, 2.05) is 4.90 Å². The molecule has 1 aromatic rings. The summed E-state index contributed by atoms with van der Waals surface area (Å²) < 4.78 is 0.568. The Balaban J connectivity index is 2.22. The molecule has 0 saturated carbocycles. The Labute approximate surface area is 124 Å². The second-order valence-corrected chi connectivity index (χ2v) is 5.79. The van der Waals surface area contributed by atoms with Crippen molar-refractivity contribution < 1.29 is 9.72 Å². The van der Waals surface area contributed by atoms with Crippen molar-refractivity contribution >= 4 is 33.3 Å². The van der Waals surface area contributed by atoms with Crippen LogP contribution in [0.15, 0.2) is 16.7 Å². The van der Waals surface area contributed by atoms with Gasteiger partial charge in [0, 0.05) is 36.2 Å². The van der Waals surface area contributed by atoms with Gasteiger partial charge in [0.2, 0.25) is 11.7 Å². The predicted octanol–water partition coefficient (Wildman–Crippen LogP) is 1.84. The van der Waals surface area contributed by atoms with Crippen LogP contribution >= 0.6 is 15.9 Å².